The monoisotopic (exact) mass is 260 g/mol. The van der Waals surface area contributed by atoms with Crippen LogP contribution in [-0.2, 0) is 4.79 Å². The molecule has 0 saturated heterocycles. The Morgan fingerprint density at radius 3 is 2.65 bits per heavy atom. The molecule has 0 aliphatic carbocycles. The van der Waals surface area contributed by atoms with Crippen LogP contribution in [0.2, 0.25) is 0 Å². The first kappa shape index (κ1) is 15.9. The van der Waals surface area contributed by atoms with Gasteiger partial charge in [-0.15, -0.1) is 12.4 Å². The van der Waals surface area contributed by atoms with Crippen LogP contribution in [0.1, 0.15) is 25.3 Å². The fraction of sp³-hybridized carbons (Fsp3) is 0.417. The molecule has 0 aromatic heterocycles. The Morgan fingerprint density at radius 1 is 1.47 bits per heavy atom. The average Bonchev–Trinajstić information content (AvgIpc) is 2.27. The van der Waals surface area contributed by atoms with Crippen molar-refractivity contribution in [1.82, 2.24) is 5.32 Å². The molecule has 3 N–H and O–H groups in total. The Morgan fingerprint density at radius 2 is 2.12 bits per heavy atom. The molecule has 0 bridgehead atoms. The van der Waals surface area contributed by atoms with Crippen LogP contribution in [0, 0.1) is 5.82 Å². The summed E-state index contributed by atoms with van der Waals surface area (Å²) >= 11 is 0. The minimum Gasteiger partial charge on any atom is -0.352 e. The summed E-state index contributed by atoms with van der Waals surface area (Å²) in [5.74, 6) is -0.836. The van der Waals surface area contributed by atoms with E-state index in [0.29, 0.717) is 12.1 Å². The smallest absolute Gasteiger partial charge is 0.227 e. The van der Waals surface area contributed by atoms with Crippen LogP contribution in [0.15, 0.2) is 24.3 Å². The van der Waals surface area contributed by atoms with Crippen molar-refractivity contribution < 1.29 is 9.18 Å². The third kappa shape index (κ3) is 4.71. The number of halogens is 2. The topological polar surface area (TPSA) is 55.1 Å². The molecule has 5 heteroatoms. The molecule has 0 fully saturated rings. The van der Waals surface area contributed by atoms with Gasteiger partial charge >= 0.3 is 0 Å². The normalized spacial score (nSPS) is 13.4. The van der Waals surface area contributed by atoms with E-state index >= 15 is 0 Å². The number of hydrogen-bond acceptors (Lipinski definition) is 2. The second-order valence-corrected chi connectivity index (χ2v) is 3.92. The summed E-state index contributed by atoms with van der Waals surface area (Å²) < 4.78 is 13.0. The van der Waals surface area contributed by atoms with Crippen molar-refractivity contribution in [3.8, 4) is 0 Å². The molecule has 0 spiro atoms. The summed E-state index contributed by atoms with van der Waals surface area (Å²) in [6.45, 7) is 3.96. The van der Waals surface area contributed by atoms with Crippen molar-refractivity contribution in [2.24, 2.45) is 5.73 Å². The van der Waals surface area contributed by atoms with E-state index in [9.17, 15) is 9.18 Å². The molecule has 2 atom stereocenters. The van der Waals surface area contributed by atoms with Crippen molar-refractivity contribution in [3.05, 3.63) is 35.6 Å². The van der Waals surface area contributed by atoms with E-state index < -0.39 is 0 Å². The summed E-state index contributed by atoms with van der Waals surface area (Å²) in [6.07, 6.45) is 0. The molecule has 96 valence electrons. The first-order chi connectivity index (χ1) is 7.54. The predicted molar refractivity (Wildman–Crippen MR) is 68.7 cm³/mol. The van der Waals surface area contributed by atoms with E-state index in [1.54, 1.807) is 19.1 Å². The minimum atomic E-state index is -0.371. The van der Waals surface area contributed by atoms with E-state index in [1.807, 2.05) is 6.92 Å². The Kier molecular flexibility index (Phi) is 6.76. The van der Waals surface area contributed by atoms with Gasteiger partial charge in [-0.3, -0.25) is 4.79 Å². The van der Waals surface area contributed by atoms with E-state index in [2.05, 4.69) is 5.32 Å². The van der Waals surface area contributed by atoms with E-state index in [-0.39, 0.29) is 36.1 Å². The van der Waals surface area contributed by atoms with Crippen molar-refractivity contribution in [2.75, 3.05) is 6.54 Å². The van der Waals surface area contributed by atoms with Crippen LogP contribution in [0.5, 0.6) is 0 Å². The number of nitrogens with one attached hydrogen (secondary N) is 1. The number of amides is 1. The quantitative estimate of drug-likeness (QED) is 0.868. The summed E-state index contributed by atoms with van der Waals surface area (Å²) in [5, 5.41) is 2.76. The molecule has 1 amide bonds. The molecule has 0 radical (unpaired) electrons. The van der Waals surface area contributed by atoms with Gasteiger partial charge in [0.15, 0.2) is 0 Å². The molecule has 1 aromatic carbocycles. The number of rotatable bonds is 4. The molecule has 0 heterocycles. The largest absolute Gasteiger partial charge is 0.352 e. The molecule has 0 aliphatic heterocycles. The molecule has 0 aliphatic rings. The number of carbonyl (C=O) groups excluding carboxylic acids is 1. The highest BCUT2D eigenvalue weighted by molar-refractivity contribution is 5.85. The highest BCUT2D eigenvalue weighted by Gasteiger charge is 2.16. The van der Waals surface area contributed by atoms with Crippen molar-refractivity contribution in [3.63, 3.8) is 0 Å². The first-order valence-corrected chi connectivity index (χ1v) is 5.30. The maximum absolute atomic E-state index is 13.0. The fourth-order valence-electron chi connectivity index (χ4n) is 1.35. The van der Waals surface area contributed by atoms with Gasteiger partial charge in [0.2, 0.25) is 5.91 Å². The van der Waals surface area contributed by atoms with Crippen LogP contribution in [0.3, 0.4) is 0 Å². The van der Waals surface area contributed by atoms with Gasteiger partial charge in [0.25, 0.3) is 0 Å². The van der Waals surface area contributed by atoms with Gasteiger partial charge in [-0.1, -0.05) is 12.1 Å². The van der Waals surface area contributed by atoms with Crippen LogP contribution >= 0.6 is 12.4 Å². The van der Waals surface area contributed by atoms with E-state index in [4.69, 9.17) is 5.73 Å². The second-order valence-electron chi connectivity index (χ2n) is 3.92. The van der Waals surface area contributed by atoms with E-state index in [0.717, 1.165) is 0 Å². The predicted octanol–water partition coefficient (Wildman–Crippen LogP) is 1.81. The molecular weight excluding hydrogens is 243 g/mol. The summed E-state index contributed by atoms with van der Waals surface area (Å²) in [4.78, 5) is 11.7. The van der Waals surface area contributed by atoms with Gasteiger partial charge in [0, 0.05) is 12.6 Å². The first-order valence-electron chi connectivity index (χ1n) is 5.30. The molecule has 0 saturated carbocycles. The highest BCUT2D eigenvalue weighted by atomic mass is 35.5. The molecular formula is C12H18ClFN2O. The molecule has 1 aromatic rings. The maximum Gasteiger partial charge on any atom is 0.227 e. The minimum absolute atomic E-state index is 0. The number of carbonyl (C=O) groups is 1. The lowest BCUT2D eigenvalue weighted by Gasteiger charge is -2.16. The van der Waals surface area contributed by atoms with E-state index in [1.165, 1.54) is 12.1 Å². The van der Waals surface area contributed by atoms with Crippen LogP contribution in [-0.4, -0.2) is 18.5 Å². The van der Waals surface area contributed by atoms with Crippen LogP contribution < -0.4 is 11.1 Å². The molecule has 17 heavy (non-hydrogen) atoms. The molecule has 1 rings (SSSR count). The lowest BCUT2D eigenvalue weighted by Crippen LogP contribution is -2.39. The number of hydrogen-bond donors (Lipinski definition) is 2. The Labute approximate surface area is 107 Å². The van der Waals surface area contributed by atoms with Crippen molar-refractivity contribution >= 4 is 18.3 Å². The van der Waals surface area contributed by atoms with Crippen LogP contribution in [0.4, 0.5) is 4.39 Å². The molecule has 1 unspecified atom stereocenters. The molecule has 3 nitrogen and oxygen atoms in total. The summed E-state index contributed by atoms with van der Waals surface area (Å²) in [5.41, 5.74) is 6.08. The van der Waals surface area contributed by atoms with Crippen LogP contribution in [0.25, 0.3) is 0 Å². The third-order valence-corrected chi connectivity index (χ3v) is 2.48. The summed E-state index contributed by atoms with van der Waals surface area (Å²) in [6, 6.07) is 6.00. The number of benzene rings is 1. The fourth-order valence-corrected chi connectivity index (χ4v) is 1.35. The number of nitrogens with two attached hydrogens (primary N) is 1. The maximum atomic E-state index is 13.0. The second kappa shape index (κ2) is 7.25. The van der Waals surface area contributed by atoms with Gasteiger partial charge in [0.1, 0.15) is 5.82 Å². The zero-order valence-corrected chi connectivity index (χ0v) is 10.8. The Hall–Kier alpha value is -1.13. The zero-order valence-electron chi connectivity index (χ0n) is 9.94. The Balaban J connectivity index is 0.00000256. The van der Waals surface area contributed by atoms with Gasteiger partial charge in [-0.05, 0) is 31.5 Å². The van der Waals surface area contributed by atoms with Gasteiger partial charge in [-0.2, -0.15) is 0 Å². The van der Waals surface area contributed by atoms with Crippen molar-refractivity contribution in [1.29, 1.82) is 0 Å². The lowest BCUT2D eigenvalue weighted by atomic mass is 10.00. The standard InChI is InChI=1S/C12H17FN2O.ClH/c1-8(7-14)15-12(16)9(2)10-4-3-5-11(13)6-10;/h3-6,8-9H,7,14H2,1-2H3,(H,15,16);1H/t8-,9?;/m0./s1. The average molecular weight is 261 g/mol. The zero-order chi connectivity index (χ0) is 12.1. The Bertz CT molecular complexity index is 373. The van der Waals surface area contributed by atoms with Crippen molar-refractivity contribution in [2.45, 2.75) is 25.8 Å². The van der Waals surface area contributed by atoms with Gasteiger partial charge in [0.05, 0.1) is 5.92 Å². The highest BCUT2D eigenvalue weighted by Crippen LogP contribution is 2.16. The SMILES string of the molecule is CC(C(=O)N[C@@H](C)CN)c1cccc(F)c1.Cl. The lowest BCUT2D eigenvalue weighted by molar-refractivity contribution is -0.122. The van der Waals surface area contributed by atoms with Gasteiger partial charge in [-0.25, -0.2) is 4.39 Å². The third-order valence-electron chi connectivity index (χ3n) is 2.48. The summed E-state index contributed by atoms with van der Waals surface area (Å²) in [7, 11) is 0. The van der Waals surface area contributed by atoms with Gasteiger partial charge < -0.3 is 11.1 Å².